The molecule has 6 nitrogen and oxygen atoms in total. The fourth-order valence-corrected chi connectivity index (χ4v) is 3.33. The molecule has 0 spiro atoms. The summed E-state index contributed by atoms with van der Waals surface area (Å²) in [6.45, 7) is 12.2. The summed E-state index contributed by atoms with van der Waals surface area (Å²) in [5.41, 5.74) is 0.944. The molecule has 0 heterocycles. The van der Waals surface area contributed by atoms with Crippen LogP contribution < -0.4 is 14.8 Å². The van der Waals surface area contributed by atoms with Gasteiger partial charge in [0, 0.05) is 13.1 Å². The number of hydrogen-bond acceptors (Lipinski definition) is 5. The lowest BCUT2D eigenvalue weighted by Gasteiger charge is -2.19. The number of benzene rings is 1. The molecule has 0 fully saturated rings. The van der Waals surface area contributed by atoms with Crippen molar-refractivity contribution in [2.24, 2.45) is 0 Å². The second kappa shape index (κ2) is 12.5. The van der Waals surface area contributed by atoms with Gasteiger partial charge < -0.3 is 19.7 Å². The summed E-state index contributed by atoms with van der Waals surface area (Å²) in [7, 11) is 0. The molecular formula is C20H32N2O4S. The third kappa shape index (κ3) is 7.71. The standard InChI is InChI=1S/C20H32N2O4S/c1-6-22(7-2)20(24)14-27-13-19(23)21-15(5)16-10-11-17(25-8-3)18(12-16)26-9-4/h10-12,15H,6-9,13-14H2,1-5H3,(H,21,23). The van der Waals surface area contributed by atoms with E-state index in [1.807, 2.05) is 52.8 Å². The van der Waals surface area contributed by atoms with Gasteiger partial charge in [-0.15, -0.1) is 11.8 Å². The van der Waals surface area contributed by atoms with E-state index in [1.165, 1.54) is 11.8 Å². The van der Waals surface area contributed by atoms with E-state index in [2.05, 4.69) is 5.32 Å². The lowest BCUT2D eigenvalue weighted by molar-refractivity contribution is -0.127. The zero-order chi connectivity index (χ0) is 20.2. The smallest absolute Gasteiger partial charge is 0.232 e. The number of nitrogens with one attached hydrogen (secondary N) is 1. The molecule has 0 aliphatic rings. The van der Waals surface area contributed by atoms with E-state index in [0.717, 1.165) is 5.56 Å². The lowest BCUT2D eigenvalue weighted by Crippen LogP contribution is -2.33. The minimum absolute atomic E-state index is 0.0683. The van der Waals surface area contributed by atoms with Crippen LogP contribution in [-0.2, 0) is 9.59 Å². The van der Waals surface area contributed by atoms with Crippen molar-refractivity contribution in [3.8, 4) is 11.5 Å². The van der Waals surface area contributed by atoms with Crippen molar-refractivity contribution in [3.05, 3.63) is 23.8 Å². The van der Waals surface area contributed by atoms with Gasteiger partial charge in [0.2, 0.25) is 11.8 Å². The number of hydrogen-bond donors (Lipinski definition) is 1. The van der Waals surface area contributed by atoms with Gasteiger partial charge >= 0.3 is 0 Å². The second-order valence-electron chi connectivity index (χ2n) is 5.92. The first-order valence-corrected chi connectivity index (χ1v) is 10.7. The van der Waals surface area contributed by atoms with Gasteiger partial charge in [-0.3, -0.25) is 9.59 Å². The van der Waals surface area contributed by atoms with Crippen LogP contribution in [0.4, 0.5) is 0 Å². The SMILES string of the molecule is CCOc1ccc(C(C)NC(=O)CSCC(=O)N(CC)CC)cc1OCC. The first kappa shape index (κ1) is 23.1. The fourth-order valence-electron chi connectivity index (χ4n) is 2.60. The summed E-state index contributed by atoms with van der Waals surface area (Å²) in [5, 5.41) is 2.97. The van der Waals surface area contributed by atoms with Gasteiger partial charge in [0.15, 0.2) is 11.5 Å². The highest BCUT2D eigenvalue weighted by molar-refractivity contribution is 8.00. The van der Waals surface area contributed by atoms with Gasteiger partial charge in [0.25, 0.3) is 0 Å². The van der Waals surface area contributed by atoms with Crippen molar-refractivity contribution in [3.63, 3.8) is 0 Å². The van der Waals surface area contributed by atoms with Crippen molar-refractivity contribution >= 4 is 23.6 Å². The van der Waals surface area contributed by atoms with Gasteiger partial charge in [-0.2, -0.15) is 0 Å². The highest BCUT2D eigenvalue weighted by atomic mass is 32.2. The first-order chi connectivity index (χ1) is 13.0. The van der Waals surface area contributed by atoms with Crippen LogP contribution in [0.2, 0.25) is 0 Å². The molecule has 0 bridgehead atoms. The normalized spacial score (nSPS) is 11.6. The van der Waals surface area contributed by atoms with Crippen molar-refractivity contribution in [2.75, 3.05) is 37.8 Å². The molecule has 0 radical (unpaired) electrons. The molecule has 1 N–H and O–H groups in total. The Bertz CT molecular complexity index is 606. The molecule has 27 heavy (non-hydrogen) atoms. The summed E-state index contributed by atoms with van der Waals surface area (Å²) in [6, 6.07) is 5.53. The van der Waals surface area contributed by atoms with E-state index < -0.39 is 0 Å². The maximum atomic E-state index is 12.2. The Morgan fingerprint density at radius 1 is 1.04 bits per heavy atom. The number of thioether (sulfide) groups is 1. The van der Waals surface area contributed by atoms with Crippen LogP contribution in [0.15, 0.2) is 18.2 Å². The maximum Gasteiger partial charge on any atom is 0.232 e. The zero-order valence-electron chi connectivity index (χ0n) is 17.0. The highest BCUT2D eigenvalue weighted by Gasteiger charge is 2.15. The molecule has 1 atom stereocenters. The van der Waals surface area contributed by atoms with Crippen LogP contribution in [0.25, 0.3) is 0 Å². The van der Waals surface area contributed by atoms with Crippen LogP contribution in [0.5, 0.6) is 11.5 Å². The largest absolute Gasteiger partial charge is 0.490 e. The fraction of sp³-hybridized carbons (Fsp3) is 0.600. The second-order valence-corrected chi connectivity index (χ2v) is 6.91. The molecule has 7 heteroatoms. The molecular weight excluding hydrogens is 364 g/mol. The summed E-state index contributed by atoms with van der Waals surface area (Å²) < 4.78 is 11.2. The topological polar surface area (TPSA) is 67.9 Å². The Morgan fingerprint density at radius 2 is 1.67 bits per heavy atom. The Kier molecular flexibility index (Phi) is 10.7. The maximum absolute atomic E-state index is 12.2. The molecule has 2 amide bonds. The van der Waals surface area contributed by atoms with Gasteiger partial charge in [0.05, 0.1) is 30.8 Å². The lowest BCUT2D eigenvalue weighted by atomic mass is 10.1. The number of rotatable bonds is 12. The predicted octanol–water partition coefficient (Wildman–Crippen LogP) is 3.26. The van der Waals surface area contributed by atoms with Gasteiger partial charge in [-0.05, 0) is 52.3 Å². The van der Waals surface area contributed by atoms with E-state index in [0.29, 0.717) is 43.6 Å². The molecule has 0 aromatic heterocycles. The molecule has 0 saturated heterocycles. The van der Waals surface area contributed by atoms with Gasteiger partial charge in [0.1, 0.15) is 0 Å². The summed E-state index contributed by atoms with van der Waals surface area (Å²) >= 11 is 1.34. The molecule has 152 valence electrons. The number of nitrogens with zero attached hydrogens (tertiary/aromatic N) is 1. The Hall–Kier alpha value is -1.89. The van der Waals surface area contributed by atoms with Crippen LogP contribution in [0.1, 0.15) is 46.2 Å². The molecule has 1 aromatic rings. The number of ether oxygens (including phenoxy) is 2. The molecule has 0 aliphatic carbocycles. The van der Waals surface area contributed by atoms with E-state index in [-0.39, 0.29) is 23.6 Å². The van der Waals surface area contributed by atoms with Crippen LogP contribution >= 0.6 is 11.8 Å². The third-order valence-electron chi connectivity index (χ3n) is 4.02. The average molecular weight is 397 g/mol. The molecule has 1 rings (SSSR count). The Labute approximate surface area is 167 Å². The van der Waals surface area contributed by atoms with Crippen molar-refractivity contribution in [1.82, 2.24) is 10.2 Å². The van der Waals surface area contributed by atoms with E-state index in [1.54, 1.807) is 4.90 Å². The molecule has 1 aromatic carbocycles. The molecule has 0 aliphatic heterocycles. The monoisotopic (exact) mass is 396 g/mol. The number of carbonyl (C=O) groups excluding carboxylic acids is 2. The zero-order valence-corrected chi connectivity index (χ0v) is 17.9. The minimum atomic E-state index is -0.161. The Morgan fingerprint density at radius 3 is 2.26 bits per heavy atom. The quantitative estimate of drug-likeness (QED) is 0.587. The van der Waals surface area contributed by atoms with Crippen molar-refractivity contribution in [1.29, 1.82) is 0 Å². The van der Waals surface area contributed by atoms with E-state index >= 15 is 0 Å². The van der Waals surface area contributed by atoms with Crippen LogP contribution in [-0.4, -0.2) is 54.5 Å². The summed E-state index contributed by atoms with van der Waals surface area (Å²) in [5.74, 6) is 1.93. The summed E-state index contributed by atoms with van der Waals surface area (Å²) in [4.78, 5) is 25.9. The summed E-state index contributed by atoms with van der Waals surface area (Å²) in [6.07, 6.45) is 0. The number of amides is 2. The van der Waals surface area contributed by atoms with Crippen LogP contribution in [0.3, 0.4) is 0 Å². The van der Waals surface area contributed by atoms with E-state index in [9.17, 15) is 9.59 Å². The first-order valence-electron chi connectivity index (χ1n) is 9.51. The third-order valence-corrected chi connectivity index (χ3v) is 4.94. The minimum Gasteiger partial charge on any atom is -0.490 e. The molecule has 0 saturated carbocycles. The van der Waals surface area contributed by atoms with Crippen LogP contribution in [0, 0.1) is 0 Å². The van der Waals surface area contributed by atoms with Crippen molar-refractivity contribution in [2.45, 2.75) is 40.7 Å². The van der Waals surface area contributed by atoms with E-state index in [4.69, 9.17) is 9.47 Å². The predicted molar refractivity (Wildman–Crippen MR) is 111 cm³/mol. The van der Waals surface area contributed by atoms with Gasteiger partial charge in [-0.1, -0.05) is 6.07 Å². The van der Waals surface area contributed by atoms with Crippen molar-refractivity contribution < 1.29 is 19.1 Å². The highest BCUT2D eigenvalue weighted by Crippen LogP contribution is 2.30. The average Bonchev–Trinajstić information content (AvgIpc) is 2.64. The number of carbonyl (C=O) groups is 2. The van der Waals surface area contributed by atoms with Gasteiger partial charge in [-0.25, -0.2) is 0 Å². The molecule has 1 unspecified atom stereocenters. The Balaban J connectivity index is 2.57.